The van der Waals surface area contributed by atoms with Crippen LogP contribution in [0.25, 0.3) is 11.0 Å². The third-order valence-corrected chi connectivity index (χ3v) is 6.88. The van der Waals surface area contributed by atoms with Gasteiger partial charge in [-0.1, -0.05) is 6.92 Å². The van der Waals surface area contributed by atoms with Crippen molar-refractivity contribution >= 4 is 28.7 Å². The van der Waals surface area contributed by atoms with Crippen molar-refractivity contribution < 1.29 is 18.7 Å². The molecule has 0 spiro atoms. The number of hydrogen-bond donors (Lipinski definition) is 1. The molecule has 2 saturated heterocycles. The van der Waals surface area contributed by atoms with E-state index >= 15 is 4.39 Å². The third-order valence-electron chi connectivity index (χ3n) is 6.88. The summed E-state index contributed by atoms with van der Waals surface area (Å²) in [5.41, 5.74) is 0.278. The van der Waals surface area contributed by atoms with Gasteiger partial charge in [0, 0.05) is 44.6 Å². The molecule has 2 aliphatic heterocycles. The number of carbonyl (C=O) groups excluding carboxylic acids is 2. The molecule has 10 heteroatoms. The molecule has 1 N–H and O–H groups in total. The summed E-state index contributed by atoms with van der Waals surface area (Å²) in [4.78, 5) is 37.7. The van der Waals surface area contributed by atoms with Crippen molar-refractivity contribution in [2.75, 3.05) is 31.1 Å². The summed E-state index contributed by atoms with van der Waals surface area (Å²) in [5.74, 6) is -0.0328. The van der Waals surface area contributed by atoms with Gasteiger partial charge in [-0.25, -0.2) is 9.18 Å². The van der Waals surface area contributed by atoms with Crippen LogP contribution in [0, 0.1) is 17.2 Å². The molecule has 37 heavy (non-hydrogen) atoms. The van der Waals surface area contributed by atoms with Gasteiger partial charge in [-0.2, -0.15) is 5.26 Å². The van der Waals surface area contributed by atoms with Gasteiger partial charge in [-0.15, -0.1) is 0 Å². The number of anilines is 1. The summed E-state index contributed by atoms with van der Waals surface area (Å²) in [7, 11) is 0. The number of likely N-dealkylation sites (tertiary alicyclic amines) is 1. The van der Waals surface area contributed by atoms with Gasteiger partial charge >= 0.3 is 6.09 Å². The van der Waals surface area contributed by atoms with Crippen LogP contribution in [0.3, 0.4) is 0 Å². The second-order valence-corrected chi connectivity index (χ2v) is 11.3. The number of ether oxygens (including phenoxy) is 1. The number of nitriles is 1. The fourth-order valence-electron chi connectivity index (χ4n) is 5.20. The third kappa shape index (κ3) is 6.45. The van der Waals surface area contributed by atoms with Crippen LogP contribution >= 0.6 is 0 Å². The van der Waals surface area contributed by atoms with E-state index in [0.717, 1.165) is 18.7 Å². The number of aromatic nitrogens is 2. The summed E-state index contributed by atoms with van der Waals surface area (Å²) in [6.07, 6.45) is 3.48. The van der Waals surface area contributed by atoms with E-state index in [9.17, 15) is 14.9 Å². The van der Waals surface area contributed by atoms with Crippen LogP contribution in [0.1, 0.15) is 58.9 Å². The van der Waals surface area contributed by atoms with E-state index in [1.165, 1.54) is 4.90 Å². The van der Waals surface area contributed by atoms with Crippen LogP contribution in [0.2, 0.25) is 0 Å². The minimum atomic E-state index is -1.65. The van der Waals surface area contributed by atoms with Gasteiger partial charge in [0.1, 0.15) is 28.4 Å². The van der Waals surface area contributed by atoms with Crippen molar-refractivity contribution in [1.29, 1.82) is 5.26 Å². The van der Waals surface area contributed by atoms with Gasteiger partial charge in [0.05, 0.1) is 17.7 Å². The molecule has 2 aromatic rings. The van der Waals surface area contributed by atoms with Crippen LogP contribution in [-0.4, -0.2) is 70.4 Å². The predicted molar refractivity (Wildman–Crippen MR) is 138 cm³/mol. The van der Waals surface area contributed by atoms with Crippen LogP contribution in [0.5, 0.6) is 0 Å². The highest BCUT2D eigenvalue weighted by Crippen LogP contribution is 2.32. The van der Waals surface area contributed by atoms with Crippen molar-refractivity contribution in [1.82, 2.24) is 20.2 Å². The van der Waals surface area contributed by atoms with Gasteiger partial charge in [-0.05, 0) is 58.1 Å². The molecule has 2 atom stereocenters. The molecule has 1 aromatic heterocycles. The van der Waals surface area contributed by atoms with Crippen molar-refractivity contribution in [3.8, 4) is 6.07 Å². The first-order chi connectivity index (χ1) is 17.5. The highest BCUT2D eigenvalue weighted by molar-refractivity contribution is 5.92. The molecule has 0 saturated carbocycles. The minimum Gasteiger partial charge on any atom is -0.444 e. The molecule has 2 fully saturated rings. The number of carbonyl (C=O) groups is 2. The maximum atomic E-state index is 15.5. The summed E-state index contributed by atoms with van der Waals surface area (Å²) >= 11 is 0. The van der Waals surface area contributed by atoms with Crippen molar-refractivity contribution in [2.45, 2.75) is 70.7 Å². The van der Waals surface area contributed by atoms with E-state index in [1.54, 1.807) is 39.2 Å². The molecule has 9 nitrogen and oxygen atoms in total. The lowest BCUT2D eigenvalue weighted by Gasteiger charge is -2.39. The smallest absolute Gasteiger partial charge is 0.410 e. The molecular formula is C27H35FN6O3. The van der Waals surface area contributed by atoms with Crippen molar-refractivity contribution in [3.63, 3.8) is 0 Å². The van der Waals surface area contributed by atoms with E-state index in [1.807, 2.05) is 6.07 Å². The predicted octanol–water partition coefficient (Wildman–Crippen LogP) is 3.96. The number of benzene rings is 1. The number of hydrogen-bond acceptors (Lipinski definition) is 7. The maximum Gasteiger partial charge on any atom is 0.410 e. The lowest BCUT2D eigenvalue weighted by Crippen LogP contribution is -2.52. The topological polar surface area (TPSA) is 111 Å². The fraction of sp³-hybridized carbons (Fsp3) is 0.593. The zero-order valence-corrected chi connectivity index (χ0v) is 22.0. The number of amides is 2. The first kappa shape index (κ1) is 26.6. The lowest BCUT2D eigenvalue weighted by atomic mass is 9.89. The van der Waals surface area contributed by atoms with Crippen LogP contribution < -0.4 is 10.2 Å². The highest BCUT2D eigenvalue weighted by atomic mass is 19.1. The fourth-order valence-corrected chi connectivity index (χ4v) is 5.20. The monoisotopic (exact) mass is 510 g/mol. The molecule has 198 valence electrons. The average Bonchev–Trinajstić information content (AvgIpc) is 2.82. The standard InChI is InChI=1S/C27H35FN6O3/c1-18-13-20(17-34(16-18)21-6-5-19(15-29)23-24(21)31-10-9-30-23)32-22(35)14-27(28)7-11-33(12-8-27)25(36)37-26(2,3)4/h5-6,9-10,18,20H,7-8,11-14,16-17H2,1-4H3,(H,32,35)/t18-,20+/m0/s1. The van der Waals surface area contributed by atoms with E-state index < -0.39 is 17.4 Å². The molecule has 1 aromatic carbocycles. The number of nitrogens with zero attached hydrogens (tertiary/aromatic N) is 5. The Labute approximate surface area is 217 Å². The molecule has 0 radical (unpaired) electrons. The van der Waals surface area contributed by atoms with Gasteiger partial charge in [0.15, 0.2) is 0 Å². The number of halogens is 1. The number of rotatable bonds is 4. The van der Waals surface area contributed by atoms with Crippen LogP contribution in [-0.2, 0) is 9.53 Å². The van der Waals surface area contributed by atoms with E-state index in [2.05, 4.69) is 33.2 Å². The molecule has 0 bridgehead atoms. The van der Waals surface area contributed by atoms with E-state index in [4.69, 9.17) is 4.74 Å². The Morgan fingerprint density at radius 3 is 2.51 bits per heavy atom. The Morgan fingerprint density at radius 2 is 1.86 bits per heavy atom. The quantitative estimate of drug-likeness (QED) is 0.663. The second kappa shape index (κ2) is 10.5. The SMILES string of the molecule is C[C@H]1C[C@@H](NC(=O)CC2(F)CCN(C(=O)OC(C)(C)C)CC2)CN(c2ccc(C#N)c3nccnc23)C1. The molecule has 2 amide bonds. The number of fused-ring (bicyclic) bond motifs is 1. The first-order valence-electron chi connectivity index (χ1n) is 12.8. The van der Waals surface area contributed by atoms with Crippen LogP contribution in [0.4, 0.5) is 14.9 Å². The molecular weight excluding hydrogens is 475 g/mol. The molecule has 0 aliphatic carbocycles. The number of piperidine rings is 2. The molecule has 4 rings (SSSR count). The van der Waals surface area contributed by atoms with Gasteiger partial charge < -0.3 is 19.9 Å². The van der Waals surface area contributed by atoms with Crippen molar-refractivity contribution in [2.24, 2.45) is 5.92 Å². The summed E-state index contributed by atoms with van der Waals surface area (Å²) in [5, 5.41) is 12.5. The Hall–Kier alpha value is -3.48. The summed E-state index contributed by atoms with van der Waals surface area (Å²) in [6, 6.07) is 5.64. The zero-order valence-electron chi connectivity index (χ0n) is 22.0. The normalized spacial score (nSPS) is 21.8. The molecule has 0 unspecified atom stereocenters. The van der Waals surface area contributed by atoms with Crippen LogP contribution in [0.15, 0.2) is 24.5 Å². The van der Waals surface area contributed by atoms with E-state index in [0.29, 0.717) is 23.1 Å². The largest absolute Gasteiger partial charge is 0.444 e. The number of nitrogens with one attached hydrogen (secondary N) is 1. The van der Waals surface area contributed by atoms with E-state index in [-0.39, 0.29) is 50.2 Å². The molecule has 2 aliphatic rings. The summed E-state index contributed by atoms with van der Waals surface area (Å²) < 4.78 is 20.9. The lowest BCUT2D eigenvalue weighted by molar-refractivity contribution is -0.125. The Kier molecular flexibility index (Phi) is 7.53. The maximum absolute atomic E-state index is 15.5. The first-order valence-corrected chi connectivity index (χ1v) is 12.8. The average molecular weight is 511 g/mol. The summed E-state index contributed by atoms with van der Waals surface area (Å²) in [6.45, 7) is 9.28. The Morgan fingerprint density at radius 1 is 1.19 bits per heavy atom. The minimum absolute atomic E-state index is 0.1000. The number of alkyl halides is 1. The van der Waals surface area contributed by atoms with Gasteiger partial charge in [0.25, 0.3) is 0 Å². The van der Waals surface area contributed by atoms with Gasteiger partial charge in [0.2, 0.25) is 5.91 Å². The second-order valence-electron chi connectivity index (χ2n) is 11.3. The van der Waals surface area contributed by atoms with Crippen molar-refractivity contribution in [3.05, 3.63) is 30.1 Å². The highest BCUT2D eigenvalue weighted by Gasteiger charge is 2.39. The molecule has 3 heterocycles. The Bertz CT molecular complexity index is 1200. The zero-order chi connectivity index (χ0) is 26.8. The Balaban J connectivity index is 1.37. The van der Waals surface area contributed by atoms with Gasteiger partial charge in [-0.3, -0.25) is 14.8 Å².